The summed E-state index contributed by atoms with van der Waals surface area (Å²) in [7, 11) is 1.71. The second kappa shape index (κ2) is 6.03. The predicted molar refractivity (Wildman–Crippen MR) is 72.3 cm³/mol. The second-order valence-electron chi connectivity index (χ2n) is 5.09. The zero-order valence-electron chi connectivity index (χ0n) is 11.3. The average molecular weight is 236 g/mol. The Morgan fingerprint density at radius 3 is 2.59 bits per heavy atom. The van der Waals surface area contributed by atoms with Crippen molar-refractivity contribution in [2.75, 3.05) is 13.7 Å². The lowest BCUT2D eigenvalue weighted by molar-refractivity contribution is 0.404. The van der Waals surface area contributed by atoms with E-state index in [-0.39, 0.29) is 5.54 Å². The largest absolute Gasteiger partial charge is 0.496 e. The fourth-order valence-electron chi connectivity index (χ4n) is 1.71. The predicted octanol–water partition coefficient (Wildman–Crippen LogP) is 2.08. The minimum Gasteiger partial charge on any atom is -0.496 e. The first-order valence-electron chi connectivity index (χ1n) is 6.11. The smallest absolute Gasteiger partial charge is 0.123 e. The molecule has 0 radical (unpaired) electrons. The number of methoxy groups -OCH3 is 1. The number of aryl methyl sites for hydroxylation is 1. The zero-order valence-corrected chi connectivity index (χ0v) is 11.3. The molecule has 3 heteroatoms. The van der Waals surface area contributed by atoms with Crippen LogP contribution in [0.4, 0.5) is 0 Å². The number of hydrogen-bond donors (Lipinski definition) is 2. The molecule has 0 bridgehead atoms. The van der Waals surface area contributed by atoms with E-state index >= 15 is 0 Å². The summed E-state index contributed by atoms with van der Waals surface area (Å²) >= 11 is 0. The van der Waals surface area contributed by atoms with Crippen LogP contribution in [0.25, 0.3) is 0 Å². The van der Waals surface area contributed by atoms with Gasteiger partial charge in [0.2, 0.25) is 0 Å². The van der Waals surface area contributed by atoms with E-state index in [1.54, 1.807) is 7.11 Å². The summed E-state index contributed by atoms with van der Waals surface area (Å²) < 4.78 is 5.36. The molecule has 1 rings (SSSR count). The fraction of sp³-hybridized carbons (Fsp3) is 0.571. The van der Waals surface area contributed by atoms with Crippen LogP contribution in [-0.2, 0) is 13.0 Å². The molecule has 0 aliphatic rings. The summed E-state index contributed by atoms with van der Waals surface area (Å²) in [4.78, 5) is 0. The maximum absolute atomic E-state index is 5.93. The van der Waals surface area contributed by atoms with Gasteiger partial charge in [0.25, 0.3) is 0 Å². The number of nitrogens with two attached hydrogens (primary N) is 1. The molecule has 0 aliphatic heterocycles. The topological polar surface area (TPSA) is 47.3 Å². The normalized spacial score (nSPS) is 11.6. The molecule has 0 fully saturated rings. The van der Waals surface area contributed by atoms with Gasteiger partial charge >= 0.3 is 0 Å². The molecule has 0 saturated heterocycles. The van der Waals surface area contributed by atoms with Crippen LogP contribution >= 0.6 is 0 Å². The minimum absolute atomic E-state index is 0.185. The Labute approximate surface area is 104 Å². The van der Waals surface area contributed by atoms with Crippen molar-refractivity contribution in [3.8, 4) is 5.75 Å². The lowest BCUT2D eigenvalue weighted by Gasteiger charge is -2.19. The Bertz CT molecular complexity index is 356. The van der Waals surface area contributed by atoms with Gasteiger partial charge in [0, 0.05) is 24.2 Å². The van der Waals surface area contributed by atoms with E-state index in [1.165, 1.54) is 11.1 Å². The summed E-state index contributed by atoms with van der Waals surface area (Å²) in [5.74, 6) is 0.935. The van der Waals surface area contributed by atoms with Crippen molar-refractivity contribution in [1.82, 2.24) is 5.32 Å². The number of benzene rings is 1. The Morgan fingerprint density at radius 1 is 1.35 bits per heavy atom. The Kier molecular flexibility index (Phi) is 4.97. The van der Waals surface area contributed by atoms with Gasteiger partial charge in [0.1, 0.15) is 5.75 Å². The van der Waals surface area contributed by atoms with Crippen LogP contribution in [0.2, 0.25) is 0 Å². The molecular formula is C14H24N2O. The van der Waals surface area contributed by atoms with Gasteiger partial charge in [-0.1, -0.05) is 19.1 Å². The minimum atomic E-state index is -0.185. The lowest BCUT2D eigenvalue weighted by atomic mass is 10.1. The molecule has 3 N–H and O–H groups in total. The Hall–Kier alpha value is -1.06. The maximum atomic E-state index is 5.93. The molecule has 0 saturated carbocycles. The van der Waals surface area contributed by atoms with Crippen molar-refractivity contribution < 1.29 is 4.74 Å². The molecule has 0 unspecified atom stereocenters. The van der Waals surface area contributed by atoms with E-state index in [4.69, 9.17) is 10.5 Å². The van der Waals surface area contributed by atoms with Crippen LogP contribution in [-0.4, -0.2) is 19.2 Å². The van der Waals surface area contributed by atoms with E-state index in [1.807, 2.05) is 19.9 Å². The molecule has 0 spiro atoms. The van der Waals surface area contributed by atoms with Crippen LogP contribution in [0.5, 0.6) is 5.75 Å². The molecule has 3 nitrogen and oxygen atoms in total. The lowest BCUT2D eigenvalue weighted by Crippen LogP contribution is -2.42. The number of hydrogen-bond acceptors (Lipinski definition) is 3. The average Bonchev–Trinajstić information content (AvgIpc) is 2.27. The van der Waals surface area contributed by atoms with Crippen molar-refractivity contribution in [3.63, 3.8) is 0 Å². The highest BCUT2D eigenvalue weighted by molar-refractivity contribution is 5.37. The zero-order chi connectivity index (χ0) is 12.9. The van der Waals surface area contributed by atoms with Gasteiger partial charge in [0.15, 0.2) is 0 Å². The summed E-state index contributed by atoms with van der Waals surface area (Å²) in [5.41, 5.74) is 8.27. The molecular weight excluding hydrogens is 212 g/mol. The third kappa shape index (κ3) is 4.75. The van der Waals surface area contributed by atoms with E-state index in [0.717, 1.165) is 25.3 Å². The summed E-state index contributed by atoms with van der Waals surface area (Å²) in [6, 6.07) is 6.33. The van der Waals surface area contributed by atoms with Gasteiger partial charge in [0.05, 0.1) is 7.11 Å². The molecule has 0 aromatic heterocycles. The van der Waals surface area contributed by atoms with E-state index in [9.17, 15) is 0 Å². The molecule has 0 atom stereocenters. The van der Waals surface area contributed by atoms with Gasteiger partial charge in [-0.3, -0.25) is 0 Å². The highest BCUT2D eigenvalue weighted by Crippen LogP contribution is 2.20. The maximum Gasteiger partial charge on any atom is 0.123 e. The van der Waals surface area contributed by atoms with Crippen LogP contribution in [0.3, 0.4) is 0 Å². The van der Waals surface area contributed by atoms with Crippen molar-refractivity contribution in [2.45, 2.75) is 39.3 Å². The van der Waals surface area contributed by atoms with Crippen LogP contribution in [0, 0.1) is 0 Å². The first-order valence-corrected chi connectivity index (χ1v) is 6.11. The van der Waals surface area contributed by atoms with Crippen molar-refractivity contribution in [3.05, 3.63) is 29.3 Å². The summed E-state index contributed by atoms with van der Waals surface area (Å²) in [5, 5.41) is 3.36. The second-order valence-corrected chi connectivity index (χ2v) is 5.09. The fourth-order valence-corrected chi connectivity index (χ4v) is 1.71. The third-order valence-electron chi connectivity index (χ3n) is 2.65. The molecule has 17 heavy (non-hydrogen) atoms. The highest BCUT2D eigenvalue weighted by atomic mass is 16.5. The van der Waals surface area contributed by atoms with Gasteiger partial charge in [-0.25, -0.2) is 0 Å². The molecule has 96 valence electrons. The molecule has 0 aliphatic carbocycles. The monoisotopic (exact) mass is 236 g/mol. The quantitative estimate of drug-likeness (QED) is 0.795. The standard InChI is InChI=1S/C14H24N2O/c1-5-11-6-7-13(17-4)12(8-11)9-16-10-14(2,3)15/h6-8,16H,5,9-10,15H2,1-4H3. The van der Waals surface area contributed by atoms with Crippen LogP contribution in [0.15, 0.2) is 18.2 Å². The number of nitrogens with one attached hydrogen (secondary N) is 1. The van der Waals surface area contributed by atoms with Crippen LogP contribution in [0.1, 0.15) is 31.9 Å². The Morgan fingerprint density at radius 2 is 2.06 bits per heavy atom. The van der Waals surface area contributed by atoms with Gasteiger partial charge in [-0.05, 0) is 31.9 Å². The number of ether oxygens (including phenoxy) is 1. The van der Waals surface area contributed by atoms with E-state index in [2.05, 4.69) is 24.4 Å². The molecule has 1 aromatic rings. The molecule has 1 aromatic carbocycles. The van der Waals surface area contributed by atoms with Gasteiger partial charge in [-0.2, -0.15) is 0 Å². The Balaban J connectivity index is 2.68. The number of rotatable bonds is 6. The van der Waals surface area contributed by atoms with Crippen LogP contribution < -0.4 is 15.8 Å². The van der Waals surface area contributed by atoms with E-state index < -0.39 is 0 Å². The SMILES string of the molecule is CCc1ccc(OC)c(CNCC(C)(C)N)c1. The van der Waals surface area contributed by atoms with Crippen molar-refractivity contribution in [2.24, 2.45) is 5.73 Å². The molecule has 0 amide bonds. The van der Waals surface area contributed by atoms with Gasteiger partial charge in [-0.15, -0.1) is 0 Å². The highest BCUT2D eigenvalue weighted by Gasteiger charge is 2.10. The first-order chi connectivity index (χ1) is 7.96. The summed E-state index contributed by atoms with van der Waals surface area (Å²) in [6.07, 6.45) is 1.04. The van der Waals surface area contributed by atoms with E-state index in [0.29, 0.717) is 0 Å². The van der Waals surface area contributed by atoms with Crippen molar-refractivity contribution in [1.29, 1.82) is 0 Å². The van der Waals surface area contributed by atoms with Gasteiger partial charge < -0.3 is 15.8 Å². The summed E-state index contributed by atoms with van der Waals surface area (Å²) in [6.45, 7) is 7.76. The van der Waals surface area contributed by atoms with Crippen molar-refractivity contribution >= 4 is 0 Å². The molecule has 0 heterocycles. The third-order valence-corrected chi connectivity index (χ3v) is 2.65. The first kappa shape index (κ1) is 14.0.